The number of rotatable bonds is 3. The number of aliphatic hydroxyl groups excluding tert-OH is 1. The Hall–Kier alpha value is 0.460. The maximum absolute atomic E-state index is 8.86. The van der Waals surface area contributed by atoms with Crippen LogP contribution in [0.15, 0.2) is 0 Å². The van der Waals surface area contributed by atoms with Gasteiger partial charge in [0.15, 0.2) is 0 Å². The van der Waals surface area contributed by atoms with Gasteiger partial charge in [0.25, 0.3) is 0 Å². The van der Waals surface area contributed by atoms with E-state index < -0.39 is 0 Å². The molecule has 0 spiro atoms. The third-order valence-electron chi connectivity index (χ3n) is 0.848. The summed E-state index contributed by atoms with van der Waals surface area (Å²) in [4.78, 5) is 1.90. The molecule has 0 amide bonds. The van der Waals surface area contributed by atoms with Gasteiger partial charge in [0.1, 0.15) is 0 Å². The highest BCUT2D eigenvalue weighted by atomic mass is 35.5. The monoisotopic (exact) mass is 190 g/mol. The van der Waals surface area contributed by atoms with Gasteiger partial charge in [-0.05, 0) is 14.1 Å². The number of halogens is 2. The van der Waals surface area contributed by atoms with Gasteiger partial charge in [-0.2, -0.15) is 0 Å². The van der Waals surface area contributed by atoms with Gasteiger partial charge in [0, 0.05) is 13.1 Å². The molecule has 0 bridgehead atoms. The van der Waals surface area contributed by atoms with Crippen molar-refractivity contribution in [1.29, 1.82) is 0 Å². The van der Waals surface area contributed by atoms with Crippen molar-refractivity contribution in [2.75, 3.05) is 27.2 Å². The van der Waals surface area contributed by atoms with Crippen molar-refractivity contribution >= 4 is 24.8 Å². The zero-order chi connectivity index (χ0) is 6.57. The topological polar surface area (TPSA) is 49.5 Å². The Labute approximate surface area is 74.4 Å². The summed E-state index contributed by atoms with van der Waals surface area (Å²) >= 11 is 0. The molecule has 0 saturated carbocycles. The molecule has 0 saturated heterocycles. The van der Waals surface area contributed by atoms with E-state index in [1.807, 2.05) is 19.0 Å². The first kappa shape index (κ1) is 16.8. The summed E-state index contributed by atoms with van der Waals surface area (Å²) in [5.74, 6) is 0. The van der Waals surface area contributed by atoms with Crippen molar-refractivity contribution in [3.8, 4) is 0 Å². The first-order valence-corrected chi connectivity index (χ1v) is 2.69. The third kappa shape index (κ3) is 11.3. The minimum Gasteiger partial charge on any atom is -0.390 e. The van der Waals surface area contributed by atoms with Gasteiger partial charge in [-0.1, -0.05) is 0 Å². The van der Waals surface area contributed by atoms with E-state index in [1.165, 1.54) is 0 Å². The highest BCUT2D eigenvalue weighted by Crippen LogP contribution is 1.80. The molecule has 10 heavy (non-hydrogen) atoms. The van der Waals surface area contributed by atoms with Gasteiger partial charge in [-0.25, -0.2) is 0 Å². The van der Waals surface area contributed by atoms with Crippen LogP contribution in [0, 0.1) is 0 Å². The molecule has 0 fully saturated rings. The molecule has 5 heteroatoms. The van der Waals surface area contributed by atoms with Crippen LogP contribution in [0.3, 0.4) is 0 Å². The van der Waals surface area contributed by atoms with E-state index in [-0.39, 0.29) is 30.9 Å². The van der Waals surface area contributed by atoms with E-state index in [0.29, 0.717) is 13.1 Å². The lowest BCUT2D eigenvalue weighted by Gasteiger charge is -2.12. The maximum atomic E-state index is 8.86. The Balaban J connectivity index is -0.000000245. The molecule has 0 radical (unpaired) electrons. The van der Waals surface area contributed by atoms with Crippen LogP contribution in [0.2, 0.25) is 0 Å². The molecule has 3 N–H and O–H groups in total. The summed E-state index contributed by atoms with van der Waals surface area (Å²) in [6.07, 6.45) is -0.370. The average molecular weight is 191 g/mol. The van der Waals surface area contributed by atoms with Gasteiger partial charge in [-0.15, -0.1) is 24.8 Å². The second-order valence-corrected chi connectivity index (χ2v) is 2.15. The number of nitrogens with two attached hydrogens (primary N) is 1. The predicted octanol–water partition coefficient (Wildman–Crippen LogP) is -0.289. The van der Waals surface area contributed by atoms with Crippen molar-refractivity contribution < 1.29 is 5.11 Å². The van der Waals surface area contributed by atoms with E-state index in [4.69, 9.17) is 10.8 Å². The molecule has 0 aromatic heterocycles. The van der Waals surface area contributed by atoms with Crippen molar-refractivity contribution in [2.24, 2.45) is 5.73 Å². The summed E-state index contributed by atoms with van der Waals surface area (Å²) < 4.78 is 0. The van der Waals surface area contributed by atoms with Gasteiger partial charge in [-0.3, -0.25) is 0 Å². The quantitative estimate of drug-likeness (QED) is 0.644. The summed E-state index contributed by atoms with van der Waals surface area (Å²) in [6.45, 7) is 0.995. The molecule has 3 nitrogen and oxygen atoms in total. The zero-order valence-electron chi connectivity index (χ0n) is 6.28. The Bertz CT molecular complexity index is 63.6. The Morgan fingerprint density at radius 3 is 1.90 bits per heavy atom. The number of hydrogen-bond donors (Lipinski definition) is 2. The lowest BCUT2D eigenvalue weighted by atomic mass is 10.3. The number of aliphatic hydroxyl groups is 1. The number of likely N-dealkylation sites (N-methyl/N-ethyl adjacent to an activating group) is 1. The fourth-order valence-corrected chi connectivity index (χ4v) is 0.496. The maximum Gasteiger partial charge on any atom is 0.0788 e. The smallest absolute Gasteiger partial charge is 0.0788 e. The SMILES string of the molecule is CN(C)C[C@H](O)CN.Cl.Cl. The van der Waals surface area contributed by atoms with E-state index in [0.717, 1.165) is 0 Å². The van der Waals surface area contributed by atoms with Gasteiger partial charge in [0.2, 0.25) is 0 Å². The lowest BCUT2D eigenvalue weighted by Crippen LogP contribution is -2.31. The fraction of sp³-hybridized carbons (Fsp3) is 1.00. The second-order valence-electron chi connectivity index (χ2n) is 2.15. The molecule has 0 aromatic rings. The third-order valence-corrected chi connectivity index (χ3v) is 0.848. The Kier molecular flexibility index (Phi) is 15.9. The van der Waals surface area contributed by atoms with Crippen LogP contribution in [0.4, 0.5) is 0 Å². The molecule has 0 heterocycles. The number of hydrogen-bond acceptors (Lipinski definition) is 3. The van der Waals surface area contributed by atoms with Crippen LogP contribution in [0.1, 0.15) is 0 Å². The molecule has 0 rings (SSSR count). The van der Waals surface area contributed by atoms with E-state index in [1.54, 1.807) is 0 Å². The van der Waals surface area contributed by atoms with Crippen molar-refractivity contribution in [1.82, 2.24) is 4.90 Å². The predicted molar refractivity (Wildman–Crippen MR) is 48.1 cm³/mol. The summed E-state index contributed by atoms with van der Waals surface area (Å²) in [7, 11) is 3.80. The minimum atomic E-state index is -0.370. The summed E-state index contributed by atoms with van der Waals surface area (Å²) in [5.41, 5.74) is 5.14. The molecule has 0 aliphatic rings. The molecule has 0 aliphatic carbocycles. The highest BCUT2D eigenvalue weighted by molar-refractivity contribution is 5.85. The fourth-order valence-electron chi connectivity index (χ4n) is 0.496. The van der Waals surface area contributed by atoms with Crippen molar-refractivity contribution in [3.05, 3.63) is 0 Å². The standard InChI is InChI=1S/C5H14N2O.2ClH/c1-7(2)4-5(8)3-6;;/h5,8H,3-4,6H2,1-2H3;2*1H/t5-;;/m1../s1. The average Bonchev–Trinajstić information content (AvgIpc) is 1.65. The molecule has 0 unspecified atom stereocenters. The molecule has 0 aliphatic heterocycles. The van der Waals surface area contributed by atoms with Gasteiger partial charge >= 0.3 is 0 Å². The molecular formula is C5H16Cl2N2O. The Morgan fingerprint density at radius 1 is 1.40 bits per heavy atom. The van der Waals surface area contributed by atoms with Crippen molar-refractivity contribution in [3.63, 3.8) is 0 Å². The Morgan fingerprint density at radius 2 is 1.80 bits per heavy atom. The minimum absolute atomic E-state index is 0. The number of nitrogens with zero attached hydrogens (tertiary/aromatic N) is 1. The van der Waals surface area contributed by atoms with Crippen LogP contribution in [0.25, 0.3) is 0 Å². The van der Waals surface area contributed by atoms with Crippen LogP contribution in [-0.2, 0) is 0 Å². The van der Waals surface area contributed by atoms with Crippen molar-refractivity contribution in [2.45, 2.75) is 6.10 Å². The van der Waals surface area contributed by atoms with E-state index >= 15 is 0 Å². The van der Waals surface area contributed by atoms with Crippen LogP contribution in [-0.4, -0.2) is 43.3 Å². The van der Waals surface area contributed by atoms with Gasteiger partial charge < -0.3 is 15.7 Å². The summed E-state index contributed by atoms with van der Waals surface area (Å²) in [5, 5.41) is 8.86. The lowest BCUT2D eigenvalue weighted by molar-refractivity contribution is 0.144. The largest absolute Gasteiger partial charge is 0.390 e. The van der Waals surface area contributed by atoms with Gasteiger partial charge in [0.05, 0.1) is 6.10 Å². The highest BCUT2D eigenvalue weighted by Gasteiger charge is 1.99. The first-order valence-electron chi connectivity index (χ1n) is 2.69. The van der Waals surface area contributed by atoms with Crippen LogP contribution in [0.5, 0.6) is 0 Å². The molecule has 0 aromatic carbocycles. The van der Waals surface area contributed by atoms with Crippen LogP contribution < -0.4 is 5.73 Å². The van der Waals surface area contributed by atoms with Crippen LogP contribution >= 0.6 is 24.8 Å². The molecule has 1 atom stereocenters. The summed E-state index contributed by atoms with van der Waals surface area (Å²) in [6, 6.07) is 0. The van der Waals surface area contributed by atoms with E-state index in [2.05, 4.69) is 0 Å². The normalized spacial score (nSPS) is 11.7. The molecular weight excluding hydrogens is 175 g/mol. The second kappa shape index (κ2) is 9.46. The van der Waals surface area contributed by atoms with E-state index in [9.17, 15) is 0 Å². The first-order chi connectivity index (χ1) is 3.66. The zero-order valence-corrected chi connectivity index (χ0v) is 7.91. The molecule has 66 valence electrons.